The standard InChI is InChI=1S/C19H16FN3O4/c1-25-15-5-2-13(3-6-15)11-21-23-19(24)12-26-17-7-4-14(20)10-16(17)18-8-9-22-27-18/h2-11H,12H2,1H3,(H,23,24). The van der Waals surface area contributed by atoms with Crippen molar-refractivity contribution in [2.45, 2.75) is 0 Å². The first-order valence-corrected chi connectivity index (χ1v) is 7.95. The second-order valence-corrected chi connectivity index (χ2v) is 5.37. The topological polar surface area (TPSA) is 86.0 Å². The molecule has 0 aliphatic carbocycles. The third kappa shape index (κ3) is 4.91. The minimum atomic E-state index is -0.465. The van der Waals surface area contributed by atoms with E-state index in [1.54, 1.807) is 37.4 Å². The van der Waals surface area contributed by atoms with Crippen molar-refractivity contribution in [1.82, 2.24) is 10.6 Å². The lowest BCUT2D eigenvalue weighted by Crippen LogP contribution is -2.24. The van der Waals surface area contributed by atoms with Gasteiger partial charge in [-0.1, -0.05) is 5.16 Å². The summed E-state index contributed by atoms with van der Waals surface area (Å²) in [7, 11) is 1.58. The van der Waals surface area contributed by atoms with Crippen LogP contribution in [-0.2, 0) is 4.79 Å². The highest BCUT2D eigenvalue weighted by molar-refractivity contribution is 5.83. The molecular formula is C19H16FN3O4. The molecule has 0 saturated carbocycles. The van der Waals surface area contributed by atoms with E-state index in [0.29, 0.717) is 17.1 Å². The number of amides is 1. The summed E-state index contributed by atoms with van der Waals surface area (Å²) in [6, 6.07) is 12.6. The van der Waals surface area contributed by atoms with E-state index in [4.69, 9.17) is 14.0 Å². The predicted octanol–water partition coefficient (Wildman–Crippen LogP) is 3.02. The van der Waals surface area contributed by atoms with E-state index < -0.39 is 11.7 Å². The van der Waals surface area contributed by atoms with Crippen LogP contribution in [-0.4, -0.2) is 31.0 Å². The molecule has 0 aliphatic rings. The molecule has 27 heavy (non-hydrogen) atoms. The van der Waals surface area contributed by atoms with Crippen LogP contribution < -0.4 is 14.9 Å². The van der Waals surface area contributed by atoms with E-state index in [9.17, 15) is 9.18 Å². The van der Waals surface area contributed by atoms with Gasteiger partial charge in [-0.3, -0.25) is 4.79 Å². The molecule has 1 amide bonds. The van der Waals surface area contributed by atoms with Crippen molar-refractivity contribution < 1.29 is 23.2 Å². The Morgan fingerprint density at radius 2 is 2.07 bits per heavy atom. The van der Waals surface area contributed by atoms with Gasteiger partial charge < -0.3 is 14.0 Å². The van der Waals surface area contributed by atoms with Crippen LogP contribution in [0.3, 0.4) is 0 Å². The van der Waals surface area contributed by atoms with Crippen LogP contribution in [0.4, 0.5) is 4.39 Å². The zero-order valence-electron chi connectivity index (χ0n) is 14.4. The maximum Gasteiger partial charge on any atom is 0.277 e. The Morgan fingerprint density at radius 3 is 2.78 bits per heavy atom. The Morgan fingerprint density at radius 1 is 1.26 bits per heavy atom. The van der Waals surface area contributed by atoms with Crippen LogP contribution >= 0.6 is 0 Å². The first-order chi connectivity index (χ1) is 13.2. The Hall–Kier alpha value is -3.68. The SMILES string of the molecule is COc1ccc(C=NNC(=O)COc2ccc(F)cc2-c2ccno2)cc1. The molecule has 0 spiro atoms. The van der Waals surface area contributed by atoms with Gasteiger partial charge in [0.25, 0.3) is 5.91 Å². The number of carbonyl (C=O) groups is 1. The van der Waals surface area contributed by atoms with Crippen LogP contribution in [0.2, 0.25) is 0 Å². The number of nitrogens with one attached hydrogen (secondary N) is 1. The average molecular weight is 369 g/mol. The molecule has 0 bridgehead atoms. The maximum absolute atomic E-state index is 13.5. The number of nitrogens with zero attached hydrogens (tertiary/aromatic N) is 2. The largest absolute Gasteiger partial charge is 0.497 e. The molecule has 0 aliphatic heterocycles. The number of carbonyl (C=O) groups excluding carboxylic acids is 1. The summed E-state index contributed by atoms with van der Waals surface area (Å²) in [5, 5.41) is 7.45. The first-order valence-electron chi connectivity index (χ1n) is 7.95. The summed E-state index contributed by atoms with van der Waals surface area (Å²) in [6.45, 7) is -0.299. The zero-order valence-corrected chi connectivity index (χ0v) is 14.4. The number of hydrogen-bond donors (Lipinski definition) is 1. The van der Waals surface area contributed by atoms with Gasteiger partial charge in [-0.25, -0.2) is 9.82 Å². The number of rotatable bonds is 7. The zero-order chi connectivity index (χ0) is 19.1. The summed E-state index contributed by atoms with van der Waals surface area (Å²) in [4.78, 5) is 11.9. The molecule has 0 saturated heterocycles. The van der Waals surface area contributed by atoms with E-state index in [0.717, 1.165) is 11.3 Å². The van der Waals surface area contributed by atoms with Crippen molar-refractivity contribution in [1.29, 1.82) is 0 Å². The maximum atomic E-state index is 13.5. The third-order valence-corrected chi connectivity index (χ3v) is 3.52. The van der Waals surface area contributed by atoms with Gasteiger partial charge in [-0.15, -0.1) is 0 Å². The minimum absolute atomic E-state index is 0.294. The Bertz CT molecular complexity index is 925. The van der Waals surface area contributed by atoms with Crippen LogP contribution in [0.5, 0.6) is 11.5 Å². The fraction of sp³-hybridized carbons (Fsp3) is 0.105. The quantitative estimate of drug-likeness (QED) is 0.511. The van der Waals surface area contributed by atoms with Gasteiger partial charge >= 0.3 is 0 Å². The highest BCUT2D eigenvalue weighted by Gasteiger charge is 2.12. The van der Waals surface area contributed by atoms with Crippen LogP contribution in [0.1, 0.15) is 5.56 Å². The average Bonchev–Trinajstić information content (AvgIpc) is 3.22. The number of aromatic nitrogens is 1. The van der Waals surface area contributed by atoms with Crippen LogP contribution in [0, 0.1) is 5.82 Å². The van der Waals surface area contributed by atoms with Gasteiger partial charge in [0.05, 0.1) is 25.1 Å². The normalized spacial score (nSPS) is 10.7. The summed E-state index contributed by atoms with van der Waals surface area (Å²) in [5.41, 5.74) is 3.52. The van der Waals surface area contributed by atoms with Gasteiger partial charge in [0.2, 0.25) is 0 Å². The third-order valence-electron chi connectivity index (χ3n) is 3.52. The molecule has 8 heteroatoms. The van der Waals surface area contributed by atoms with Crippen molar-refractivity contribution in [3.8, 4) is 22.8 Å². The van der Waals surface area contributed by atoms with Crippen molar-refractivity contribution >= 4 is 12.1 Å². The molecule has 138 valence electrons. The van der Waals surface area contributed by atoms with Crippen molar-refractivity contribution in [2.24, 2.45) is 5.10 Å². The molecule has 0 unspecified atom stereocenters. The number of hydrazone groups is 1. The van der Waals surface area contributed by atoms with E-state index in [1.165, 1.54) is 30.6 Å². The smallest absolute Gasteiger partial charge is 0.277 e. The Balaban J connectivity index is 1.57. The summed E-state index contributed by atoms with van der Waals surface area (Å²) in [6.07, 6.45) is 2.93. The molecule has 0 radical (unpaired) electrons. The molecule has 2 aromatic carbocycles. The second-order valence-electron chi connectivity index (χ2n) is 5.37. The van der Waals surface area contributed by atoms with E-state index in [1.807, 2.05) is 0 Å². The monoisotopic (exact) mass is 369 g/mol. The lowest BCUT2D eigenvalue weighted by atomic mass is 10.1. The molecule has 1 heterocycles. The summed E-state index contributed by atoms with van der Waals surface area (Å²) >= 11 is 0. The molecule has 0 atom stereocenters. The number of ether oxygens (including phenoxy) is 2. The van der Waals surface area contributed by atoms with Gasteiger partial charge in [0.1, 0.15) is 17.3 Å². The van der Waals surface area contributed by atoms with E-state index in [-0.39, 0.29) is 6.61 Å². The van der Waals surface area contributed by atoms with Crippen LogP contribution in [0.25, 0.3) is 11.3 Å². The number of halogens is 1. The van der Waals surface area contributed by atoms with Crippen molar-refractivity contribution in [3.05, 3.63) is 66.1 Å². The first kappa shape index (κ1) is 18.1. The molecule has 1 aromatic heterocycles. The molecule has 1 N–H and O–H groups in total. The molecule has 0 fully saturated rings. The van der Waals surface area contributed by atoms with Gasteiger partial charge in [0, 0.05) is 6.07 Å². The van der Waals surface area contributed by atoms with Crippen molar-refractivity contribution in [3.63, 3.8) is 0 Å². The lowest BCUT2D eigenvalue weighted by molar-refractivity contribution is -0.123. The van der Waals surface area contributed by atoms with Gasteiger partial charge in [-0.05, 0) is 48.0 Å². The fourth-order valence-corrected chi connectivity index (χ4v) is 2.22. The summed E-state index contributed by atoms with van der Waals surface area (Å²) in [5.74, 6) is 0.436. The number of hydrogen-bond acceptors (Lipinski definition) is 6. The lowest BCUT2D eigenvalue weighted by Gasteiger charge is -2.09. The van der Waals surface area contributed by atoms with E-state index >= 15 is 0 Å². The summed E-state index contributed by atoms with van der Waals surface area (Å²) < 4.78 is 29.0. The molecule has 3 rings (SSSR count). The van der Waals surface area contributed by atoms with Gasteiger partial charge in [-0.2, -0.15) is 5.10 Å². The molecule has 7 nitrogen and oxygen atoms in total. The minimum Gasteiger partial charge on any atom is -0.497 e. The highest BCUT2D eigenvalue weighted by atomic mass is 19.1. The number of methoxy groups -OCH3 is 1. The van der Waals surface area contributed by atoms with E-state index in [2.05, 4.69) is 15.7 Å². The Labute approximate surface area is 154 Å². The number of benzene rings is 2. The Kier molecular flexibility index (Phi) is 5.78. The van der Waals surface area contributed by atoms with Gasteiger partial charge in [0.15, 0.2) is 12.4 Å². The fourth-order valence-electron chi connectivity index (χ4n) is 2.22. The van der Waals surface area contributed by atoms with Crippen molar-refractivity contribution in [2.75, 3.05) is 13.7 Å². The predicted molar refractivity (Wildman–Crippen MR) is 96.1 cm³/mol. The van der Waals surface area contributed by atoms with Crippen LogP contribution in [0.15, 0.2) is 64.4 Å². The molecular weight excluding hydrogens is 353 g/mol. The second kappa shape index (κ2) is 8.61. The molecule has 3 aromatic rings. The highest BCUT2D eigenvalue weighted by Crippen LogP contribution is 2.30.